The molecule has 1 atom stereocenters. The van der Waals surface area contributed by atoms with Crippen LogP contribution in [0.3, 0.4) is 0 Å². The SMILES string of the molecule is CC1CN(C(=O)Cn2cc(N)cn2)CCCO1. The van der Waals surface area contributed by atoms with Crippen LogP contribution in [0, 0.1) is 0 Å². The van der Waals surface area contributed by atoms with Crippen LogP contribution in [-0.4, -0.2) is 46.4 Å². The van der Waals surface area contributed by atoms with E-state index in [-0.39, 0.29) is 18.6 Å². The molecule has 0 bridgehead atoms. The van der Waals surface area contributed by atoms with Gasteiger partial charge in [-0.25, -0.2) is 0 Å². The summed E-state index contributed by atoms with van der Waals surface area (Å²) in [6, 6.07) is 0. The predicted molar refractivity (Wildman–Crippen MR) is 63.3 cm³/mol. The number of carbonyl (C=O) groups excluding carboxylic acids is 1. The molecular formula is C11H18N4O2. The number of nitrogens with zero attached hydrogens (tertiary/aromatic N) is 3. The van der Waals surface area contributed by atoms with E-state index in [4.69, 9.17) is 10.5 Å². The van der Waals surface area contributed by atoms with Crippen molar-refractivity contribution in [1.29, 1.82) is 0 Å². The zero-order valence-electron chi connectivity index (χ0n) is 10.0. The summed E-state index contributed by atoms with van der Waals surface area (Å²) in [4.78, 5) is 13.9. The molecule has 0 saturated carbocycles. The minimum atomic E-state index is 0.0606. The number of amides is 1. The molecule has 1 saturated heterocycles. The topological polar surface area (TPSA) is 73.4 Å². The van der Waals surface area contributed by atoms with E-state index in [2.05, 4.69) is 5.10 Å². The number of hydrogen-bond acceptors (Lipinski definition) is 4. The summed E-state index contributed by atoms with van der Waals surface area (Å²) in [6.45, 7) is 4.34. The number of anilines is 1. The van der Waals surface area contributed by atoms with Gasteiger partial charge in [0.25, 0.3) is 0 Å². The zero-order valence-corrected chi connectivity index (χ0v) is 10.0. The molecule has 1 aromatic rings. The molecule has 2 N–H and O–H groups in total. The number of rotatable bonds is 2. The van der Waals surface area contributed by atoms with Gasteiger partial charge in [0.2, 0.25) is 5.91 Å². The Bertz CT molecular complexity index is 391. The van der Waals surface area contributed by atoms with Crippen molar-refractivity contribution < 1.29 is 9.53 Å². The molecule has 6 nitrogen and oxygen atoms in total. The maximum Gasteiger partial charge on any atom is 0.244 e. The second-order valence-corrected chi connectivity index (χ2v) is 4.35. The Kier molecular flexibility index (Phi) is 3.63. The van der Waals surface area contributed by atoms with Gasteiger partial charge in [-0.15, -0.1) is 0 Å². The Morgan fingerprint density at radius 3 is 3.24 bits per heavy atom. The number of hydrogen-bond donors (Lipinski definition) is 1. The Balaban J connectivity index is 1.94. The second kappa shape index (κ2) is 5.18. The fourth-order valence-corrected chi connectivity index (χ4v) is 1.93. The van der Waals surface area contributed by atoms with Crippen molar-refractivity contribution in [2.75, 3.05) is 25.4 Å². The molecule has 1 amide bonds. The first-order valence-corrected chi connectivity index (χ1v) is 5.82. The highest BCUT2D eigenvalue weighted by Gasteiger charge is 2.20. The van der Waals surface area contributed by atoms with E-state index in [9.17, 15) is 4.79 Å². The maximum absolute atomic E-state index is 12.0. The van der Waals surface area contributed by atoms with Gasteiger partial charge in [-0.2, -0.15) is 5.10 Å². The van der Waals surface area contributed by atoms with Crippen molar-refractivity contribution in [2.24, 2.45) is 0 Å². The molecule has 0 aliphatic carbocycles. The van der Waals surface area contributed by atoms with Crippen LogP contribution in [0.2, 0.25) is 0 Å². The molecule has 1 aliphatic heterocycles. The monoisotopic (exact) mass is 238 g/mol. The molecule has 1 fully saturated rings. The first-order chi connectivity index (χ1) is 8.15. The first-order valence-electron chi connectivity index (χ1n) is 5.82. The van der Waals surface area contributed by atoms with E-state index in [1.165, 1.54) is 0 Å². The minimum Gasteiger partial charge on any atom is -0.396 e. The van der Waals surface area contributed by atoms with E-state index in [1.54, 1.807) is 17.1 Å². The van der Waals surface area contributed by atoms with Crippen molar-refractivity contribution in [3.63, 3.8) is 0 Å². The molecule has 1 aliphatic rings. The van der Waals surface area contributed by atoms with E-state index in [1.807, 2.05) is 11.8 Å². The van der Waals surface area contributed by atoms with Crippen LogP contribution in [-0.2, 0) is 16.1 Å². The lowest BCUT2D eigenvalue weighted by Gasteiger charge is -2.22. The van der Waals surface area contributed by atoms with Crippen molar-refractivity contribution in [2.45, 2.75) is 26.0 Å². The fourth-order valence-electron chi connectivity index (χ4n) is 1.93. The number of aromatic nitrogens is 2. The summed E-state index contributed by atoms with van der Waals surface area (Å²) in [5.41, 5.74) is 6.13. The van der Waals surface area contributed by atoms with Crippen LogP contribution < -0.4 is 5.73 Å². The van der Waals surface area contributed by atoms with Crippen molar-refractivity contribution in [1.82, 2.24) is 14.7 Å². The molecule has 0 aromatic carbocycles. The maximum atomic E-state index is 12.0. The van der Waals surface area contributed by atoms with Crippen molar-refractivity contribution >= 4 is 11.6 Å². The lowest BCUT2D eigenvalue weighted by Crippen LogP contribution is -2.38. The number of ether oxygens (including phenoxy) is 1. The van der Waals surface area contributed by atoms with Crippen LogP contribution >= 0.6 is 0 Å². The third-order valence-electron chi connectivity index (χ3n) is 2.76. The normalized spacial score (nSPS) is 21.2. The van der Waals surface area contributed by atoms with E-state index < -0.39 is 0 Å². The molecule has 1 aromatic heterocycles. The van der Waals surface area contributed by atoms with Gasteiger partial charge in [0.15, 0.2) is 0 Å². The van der Waals surface area contributed by atoms with Gasteiger partial charge in [0.05, 0.1) is 18.0 Å². The third kappa shape index (κ3) is 3.20. The number of nitrogens with two attached hydrogens (primary N) is 1. The summed E-state index contributed by atoms with van der Waals surface area (Å²) in [5.74, 6) is 0.0606. The van der Waals surface area contributed by atoms with Crippen LogP contribution in [0.1, 0.15) is 13.3 Å². The lowest BCUT2D eigenvalue weighted by atomic mass is 10.3. The van der Waals surface area contributed by atoms with Gasteiger partial charge in [0.1, 0.15) is 6.54 Å². The van der Waals surface area contributed by atoms with Gasteiger partial charge in [-0.1, -0.05) is 0 Å². The van der Waals surface area contributed by atoms with E-state index >= 15 is 0 Å². The first kappa shape index (κ1) is 11.9. The van der Waals surface area contributed by atoms with Crippen molar-refractivity contribution in [3.05, 3.63) is 12.4 Å². The van der Waals surface area contributed by atoms with Gasteiger partial charge in [0, 0.05) is 25.9 Å². The average molecular weight is 238 g/mol. The van der Waals surface area contributed by atoms with E-state index in [0.717, 1.165) is 19.6 Å². The Morgan fingerprint density at radius 2 is 2.53 bits per heavy atom. The van der Waals surface area contributed by atoms with E-state index in [0.29, 0.717) is 12.2 Å². The summed E-state index contributed by atoms with van der Waals surface area (Å²) < 4.78 is 7.06. The highest BCUT2D eigenvalue weighted by atomic mass is 16.5. The number of nitrogen functional groups attached to an aromatic ring is 1. The molecule has 0 spiro atoms. The van der Waals surface area contributed by atoms with Gasteiger partial charge < -0.3 is 15.4 Å². The van der Waals surface area contributed by atoms with Crippen LogP contribution in [0.15, 0.2) is 12.4 Å². The van der Waals surface area contributed by atoms with Gasteiger partial charge >= 0.3 is 0 Å². The lowest BCUT2D eigenvalue weighted by molar-refractivity contribution is -0.132. The molecule has 17 heavy (non-hydrogen) atoms. The van der Waals surface area contributed by atoms with Crippen LogP contribution in [0.5, 0.6) is 0 Å². The minimum absolute atomic E-state index is 0.0606. The Labute approximate surface area is 100 Å². The van der Waals surface area contributed by atoms with Gasteiger partial charge in [-0.3, -0.25) is 9.48 Å². The average Bonchev–Trinajstić information content (AvgIpc) is 2.56. The molecule has 6 heteroatoms. The van der Waals surface area contributed by atoms with Crippen LogP contribution in [0.4, 0.5) is 5.69 Å². The molecule has 0 radical (unpaired) electrons. The smallest absolute Gasteiger partial charge is 0.244 e. The molecular weight excluding hydrogens is 220 g/mol. The zero-order chi connectivity index (χ0) is 12.3. The van der Waals surface area contributed by atoms with Crippen molar-refractivity contribution in [3.8, 4) is 0 Å². The standard InChI is InChI=1S/C11H18N4O2/c1-9-6-14(3-2-4-17-9)11(16)8-15-7-10(12)5-13-15/h5,7,9H,2-4,6,8,12H2,1H3. The Hall–Kier alpha value is -1.56. The quantitative estimate of drug-likeness (QED) is 0.793. The highest BCUT2D eigenvalue weighted by molar-refractivity contribution is 5.76. The summed E-state index contributed by atoms with van der Waals surface area (Å²) >= 11 is 0. The molecule has 1 unspecified atom stereocenters. The summed E-state index contributed by atoms with van der Waals surface area (Å²) in [7, 11) is 0. The molecule has 2 heterocycles. The highest BCUT2D eigenvalue weighted by Crippen LogP contribution is 2.07. The second-order valence-electron chi connectivity index (χ2n) is 4.35. The van der Waals surface area contributed by atoms with Gasteiger partial charge in [-0.05, 0) is 13.3 Å². The number of carbonyl (C=O) groups is 1. The Morgan fingerprint density at radius 1 is 1.71 bits per heavy atom. The van der Waals surface area contributed by atoms with Crippen LogP contribution in [0.25, 0.3) is 0 Å². The predicted octanol–water partition coefficient (Wildman–Crippen LogP) is 0.103. The fraction of sp³-hybridized carbons (Fsp3) is 0.636. The summed E-state index contributed by atoms with van der Waals surface area (Å²) in [5, 5.41) is 4.01. The molecule has 94 valence electrons. The molecule has 2 rings (SSSR count). The largest absolute Gasteiger partial charge is 0.396 e. The third-order valence-corrected chi connectivity index (χ3v) is 2.76. The summed E-state index contributed by atoms with van der Waals surface area (Å²) in [6.07, 6.45) is 4.19.